The number of hydrogen-bond acceptors (Lipinski definition) is 6. The minimum absolute atomic E-state index is 0.0836. The number of carbonyl (C=O) groups is 3. The van der Waals surface area contributed by atoms with Crippen LogP contribution >= 0.6 is 0 Å². The Balaban J connectivity index is 2.21. The topological polar surface area (TPSA) is 148 Å². The summed E-state index contributed by atoms with van der Waals surface area (Å²) in [6, 6.07) is 13.8. The van der Waals surface area contributed by atoms with Crippen LogP contribution in [0.25, 0.3) is 0 Å². The molecule has 2 rings (SSSR count). The van der Waals surface area contributed by atoms with Gasteiger partial charge in [0.1, 0.15) is 23.4 Å². The zero-order valence-electron chi connectivity index (χ0n) is 22.1. The van der Waals surface area contributed by atoms with Crippen molar-refractivity contribution in [2.45, 2.75) is 70.2 Å². The van der Waals surface area contributed by atoms with Crippen LogP contribution in [0.3, 0.4) is 0 Å². The molecule has 0 aliphatic rings. The molecule has 3 unspecified atom stereocenters. The molecular weight excluding hydrogens is 472 g/mol. The van der Waals surface area contributed by atoms with E-state index in [9.17, 15) is 14.4 Å². The Labute approximate surface area is 219 Å². The van der Waals surface area contributed by atoms with Gasteiger partial charge < -0.3 is 31.5 Å². The summed E-state index contributed by atoms with van der Waals surface area (Å²) in [5, 5.41) is 11.8. The van der Waals surface area contributed by atoms with Gasteiger partial charge in [-0.1, -0.05) is 42.5 Å². The number of likely N-dealkylation sites (N-methyl/N-ethyl adjacent to an activating group) is 1. The van der Waals surface area contributed by atoms with Crippen molar-refractivity contribution in [2.75, 3.05) is 13.7 Å². The van der Waals surface area contributed by atoms with E-state index in [1.54, 1.807) is 0 Å². The number of nitrogens with zero attached hydrogens (tertiary/aromatic N) is 1. The van der Waals surface area contributed by atoms with Gasteiger partial charge in [0.15, 0.2) is 0 Å². The standard InChI is InChI=1S/C28H40N4O5/c1-28(2,3)37-21-14-12-20(13-15-21)18-24(25(30)34)32(4)27(36)23(17-19-9-6-5-7-10-19)31-26(35)22(29)11-8-16-33/h5-7,9-10,12-15,22-24,33H,8,11,16-18,29H2,1-4H3,(H2,30,34)(H,31,35). The number of nitrogens with one attached hydrogen (secondary N) is 1. The lowest BCUT2D eigenvalue weighted by molar-refractivity contribution is -0.141. The molecule has 2 aromatic rings. The van der Waals surface area contributed by atoms with Crippen LogP contribution in [0.5, 0.6) is 5.75 Å². The van der Waals surface area contributed by atoms with Gasteiger partial charge in [-0.3, -0.25) is 14.4 Å². The molecule has 202 valence electrons. The molecule has 0 fully saturated rings. The van der Waals surface area contributed by atoms with Crippen molar-refractivity contribution in [1.29, 1.82) is 0 Å². The molecule has 0 saturated heterocycles. The lowest BCUT2D eigenvalue weighted by atomic mass is 10.0. The first kappa shape index (κ1) is 29.8. The molecule has 0 aliphatic carbocycles. The second-order valence-corrected chi connectivity index (χ2v) is 10.2. The molecule has 2 aromatic carbocycles. The summed E-state index contributed by atoms with van der Waals surface area (Å²) in [4.78, 5) is 40.0. The lowest BCUT2D eigenvalue weighted by Gasteiger charge is -2.30. The van der Waals surface area contributed by atoms with Gasteiger partial charge in [0, 0.05) is 26.5 Å². The number of primary amides is 1. The molecule has 0 saturated carbocycles. The highest BCUT2D eigenvalue weighted by Crippen LogP contribution is 2.20. The van der Waals surface area contributed by atoms with Crippen molar-refractivity contribution >= 4 is 17.7 Å². The number of benzene rings is 2. The Morgan fingerprint density at radius 1 is 1.00 bits per heavy atom. The zero-order chi connectivity index (χ0) is 27.6. The summed E-state index contributed by atoms with van der Waals surface area (Å²) in [7, 11) is 1.50. The number of rotatable bonds is 13. The number of nitrogens with two attached hydrogens (primary N) is 2. The Hall–Kier alpha value is -3.43. The second kappa shape index (κ2) is 13.8. The minimum Gasteiger partial charge on any atom is -0.488 e. The molecule has 0 aliphatic heterocycles. The van der Waals surface area contributed by atoms with Crippen molar-refractivity contribution in [2.24, 2.45) is 11.5 Å². The average molecular weight is 513 g/mol. The third-order valence-electron chi connectivity index (χ3n) is 5.83. The Morgan fingerprint density at radius 3 is 2.14 bits per heavy atom. The van der Waals surface area contributed by atoms with E-state index in [-0.39, 0.29) is 31.5 Å². The predicted octanol–water partition coefficient (Wildman–Crippen LogP) is 1.55. The second-order valence-electron chi connectivity index (χ2n) is 10.2. The Morgan fingerprint density at radius 2 is 1.59 bits per heavy atom. The molecule has 0 radical (unpaired) electrons. The first-order chi connectivity index (χ1) is 17.4. The quantitative estimate of drug-likeness (QED) is 0.320. The van der Waals surface area contributed by atoms with E-state index in [0.29, 0.717) is 12.2 Å². The highest BCUT2D eigenvalue weighted by atomic mass is 16.5. The lowest BCUT2D eigenvalue weighted by Crippen LogP contribution is -2.56. The van der Waals surface area contributed by atoms with Gasteiger partial charge >= 0.3 is 0 Å². The maximum atomic E-state index is 13.6. The van der Waals surface area contributed by atoms with Gasteiger partial charge in [-0.2, -0.15) is 0 Å². The maximum Gasteiger partial charge on any atom is 0.245 e. The first-order valence-electron chi connectivity index (χ1n) is 12.5. The Bertz CT molecular complexity index is 1020. The molecule has 0 spiro atoms. The maximum absolute atomic E-state index is 13.6. The van der Waals surface area contributed by atoms with Gasteiger partial charge in [0.2, 0.25) is 17.7 Å². The number of amides is 3. The third-order valence-corrected chi connectivity index (χ3v) is 5.83. The molecule has 3 amide bonds. The molecule has 0 bridgehead atoms. The molecule has 3 atom stereocenters. The molecule has 0 heterocycles. The number of ether oxygens (including phenoxy) is 1. The van der Waals surface area contributed by atoms with E-state index in [0.717, 1.165) is 11.1 Å². The van der Waals surface area contributed by atoms with Crippen molar-refractivity contribution in [1.82, 2.24) is 10.2 Å². The summed E-state index contributed by atoms with van der Waals surface area (Å²) in [6.45, 7) is 5.78. The van der Waals surface area contributed by atoms with Gasteiger partial charge in [-0.25, -0.2) is 0 Å². The first-order valence-corrected chi connectivity index (χ1v) is 12.5. The van der Waals surface area contributed by atoms with Gasteiger partial charge in [-0.15, -0.1) is 0 Å². The molecular formula is C28H40N4O5. The van der Waals surface area contributed by atoms with Crippen molar-refractivity contribution in [3.8, 4) is 5.75 Å². The van der Waals surface area contributed by atoms with Gasteiger partial charge in [-0.05, 0) is 56.9 Å². The van der Waals surface area contributed by atoms with E-state index in [2.05, 4.69) is 5.32 Å². The number of carbonyl (C=O) groups excluding carboxylic acids is 3. The normalized spacial score (nSPS) is 13.8. The summed E-state index contributed by atoms with van der Waals surface area (Å²) < 4.78 is 5.84. The van der Waals surface area contributed by atoms with Crippen LogP contribution in [-0.2, 0) is 27.2 Å². The van der Waals surface area contributed by atoms with E-state index in [1.165, 1.54) is 11.9 Å². The van der Waals surface area contributed by atoms with Crippen molar-refractivity contribution in [3.05, 3.63) is 65.7 Å². The van der Waals surface area contributed by atoms with E-state index in [1.807, 2.05) is 75.4 Å². The van der Waals surface area contributed by atoms with Crippen LogP contribution in [0, 0.1) is 0 Å². The molecule has 9 heteroatoms. The molecule has 9 nitrogen and oxygen atoms in total. The highest BCUT2D eigenvalue weighted by molar-refractivity contribution is 5.92. The fraction of sp³-hybridized carbons (Fsp3) is 0.464. The molecule has 0 aromatic heterocycles. The average Bonchev–Trinajstić information content (AvgIpc) is 2.85. The molecule has 6 N–H and O–H groups in total. The number of aliphatic hydroxyl groups excluding tert-OH is 1. The Kier molecular flexibility index (Phi) is 11.1. The smallest absolute Gasteiger partial charge is 0.245 e. The van der Waals surface area contributed by atoms with Crippen LogP contribution in [0.4, 0.5) is 0 Å². The van der Waals surface area contributed by atoms with Crippen LogP contribution in [-0.4, -0.2) is 65.1 Å². The monoisotopic (exact) mass is 512 g/mol. The SMILES string of the molecule is CN(C(=O)C(Cc1ccccc1)NC(=O)C(N)CCCO)C(Cc1ccc(OC(C)(C)C)cc1)C(N)=O. The zero-order valence-corrected chi connectivity index (χ0v) is 22.1. The summed E-state index contributed by atoms with van der Waals surface area (Å²) in [5.74, 6) is -0.918. The largest absolute Gasteiger partial charge is 0.488 e. The van der Waals surface area contributed by atoms with E-state index in [4.69, 9.17) is 21.3 Å². The van der Waals surface area contributed by atoms with E-state index >= 15 is 0 Å². The predicted molar refractivity (Wildman–Crippen MR) is 143 cm³/mol. The van der Waals surface area contributed by atoms with E-state index < -0.39 is 35.8 Å². The summed E-state index contributed by atoms with van der Waals surface area (Å²) in [5.41, 5.74) is 13.0. The van der Waals surface area contributed by atoms with Crippen molar-refractivity contribution in [3.63, 3.8) is 0 Å². The van der Waals surface area contributed by atoms with Gasteiger partial charge in [0.25, 0.3) is 0 Å². The summed E-state index contributed by atoms with van der Waals surface area (Å²) >= 11 is 0. The van der Waals surface area contributed by atoms with Gasteiger partial charge in [0.05, 0.1) is 6.04 Å². The van der Waals surface area contributed by atoms with Crippen molar-refractivity contribution < 1.29 is 24.2 Å². The van der Waals surface area contributed by atoms with Crippen LogP contribution in [0.1, 0.15) is 44.7 Å². The summed E-state index contributed by atoms with van der Waals surface area (Å²) in [6.07, 6.45) is 1.07. The van der Waals surface area contributed by atoms with Crippen LogP contribution in [0.15, 0.2) is 54.6 Å². The fourth-order valence-electron chi connectivity index (χ4n) is 3.87. The number of aliphatic hydroxyl groups is 1. The van der Waals surface area contributed by atoms with Crippen LogP contribution in [0.2, 0.25) is 0 Å². The van der Waals surface area contributed by atoms with Crippen LogP contribution < -0.4 is 21.5 Å². The number of hydrogen-bond donors (Lipinski definition) is 4. The third kappa shape index (κ3) is 9.86. The minimum atomic E-state index is -0.954. The molecule has 37 heavy (non-hydrogen) atoms. The highest BCUT2D eigenvalue weighted by Gasteiger charge is 2.32. The fourth-order valence-corrected chi connectivity index (χ4v) is 3.87.